The van der Waals surface area contributed by atoms with Gasteiger partial charge < -0.3 is 10.2 Å². The van der Waals surface area contributed by atoms with Crippen molar-refractivity contribution >= 4 is 10.0 Å². The largest absolute Gasteiger partial charge is 0.316 e. The van der Waals surface area contributed by atoms with E-state index < -0.39 is 10.0 Å². The lowest BCUT2D eigenvalue weighted by Gasteiger charge is -2.31. The first-order valence-electron chi connectivity index (χ1n) is 5.94. The van der Waals surface area contributed by atoms with Gasteiger partial charge in [0.05, 0.1) is 5.75 Å². The highest BCUT2D eigenvalue weighted by molar-refractivity contribution is 7.89. The maximum Gasteiger partial charge on any atom is 0.212 e. The van der Waals surface area contributed by atoms with Crippen molar-refractivity contribution in [1.82, 2.24) is 14.9 Å². The van der Waals surface area contributed by atoms with E-state index in [1.54, 1.807) is 0 Å². The Morgan fingerprint density at radius 1 is 1.44 bits per heavy atom. The van der Waals surface area contributed by atoms with Crippen LogP contribution in [0.25, 0.3) is 0 Å². The number of hydrogen-bond acceptors (Lipinski definition) is 4. The van der Waals surface area contributed by atoms with Crippen LogP contribution >= 0.6 is 0 Å². The third-order valence-corrected chi connectivity index (χ3v) is 4.89. The van der Waals surface area contributed by atoms with Crippen LogP contribution in [0.5, 0.6) is 0 Å². The molecule has 94 valence electrons. The fourth-order valence-corrected chi connectivity index (χ4v) is 3.99. The maximum absolute atomic E-state index is 11.9. The van der Waals surface area contributed by atoms with Gasteiger partial charge in [0.1, 0.15) is 0 Å². The lowest BCUT2D eigenvalue weighted by Crippen LogP contribution is -2.51. The molecule has 0 radical (unpaired) electrons. The predicted molar refractivity (Wildman–Crippen MR) is 63.8 cm³/mol. The molecule has 16 heavy (non-hydrogen) atoms. The molecule has 0 saturated carbocycles. The Labute approximate surface area is 97.6 Å². The highest BCUT2D eigenvalue weighted by Gasteiger charge is 2.27. The van der Waals surface area contributed by atoms with Crippen LogP contribution in [-0.4, -0.2) is 58.3 Å². The summed E-state index contributed by atoms with van der Waals surface area (Å²) in [6.45, 7) is 3.59. The molecule has 2 N–H and O–H groups in total. The van der Waals surface area contributed by atoms with E-state index in [1.807, 2.05) is 7.05 Å². The van der Waals surface area contributed by atoms with Crippen LogP contribution in [0.4, 0.5) is 0 Å². The van der Waals surface area contributed by atoms with E-state index in [9.17, 15) is 8.42 Å². The molecule has 0 bridgehead atoms. The van der Waals surface area contributed by atoms with Gasteiger partial charge >= 0.3 is 0 Å². The third-order valence-electron chi connectivity index (χ3n) is 3.29. The third kappa shape index (κ3) is 3.41. The van der Waals surface area contributed by atoms with Gasteiger partial charge in [-0.15, -0.1) is 0 Å². The quantitative estimate of drug-likeness (QED) is 0.684. The number of likely N-dealkylation sites (N-methyl/N-ethyl adjacent to an activating group) is 1. The summed E-state index contributed by atoms with van der Waals surface area (Å²) in [4.78, 5) is 2.18. The molecule has 6 heteroatoms. The highest BCUT2D eigenvalue weighted by Crippen LogP contribution is 2.11. The van der Waals surface area contributed by atoms with Crippen molar-refractivity contribution < 1.29 is 8.42 Å². The van der Waals surface area contributed by atoms with E-state index in [4.69, 9.17) is 0 Å². The molecule has 1 atom stereocenters. The fourth-order valence-electron chi connectivity index (χ4n) is 2.34. The Kier molecular flexibility index (Phi) is 3.84. The molecule has 1 unspecified atom stereocenters. The van der Waals surface area contributed by atoms with Crippen molar-refractivity contribution in [2.24, 2.45) is 5.92 Å². The molecule has 2 heterocycles. The first kappa shape index (κ1) is 12.3. The van der Waals surface area contributed by atoms with Crippen LogP contribution in [0.2, 0.25) is 0 Å². The number of hydrogen-bond donors (Lipinski definition) is 2. The van der Waals surface area contributed by atoms with E-state index in [0.717, 1.165) is 39.0 Å². The number of nitrogens with zero attached hydrogens (tertiary/aromatic N) is 1. The van der Waals surface area contributed by atoms with Crippen molar-refractivity contribution in [3.05, 3.63) is 0 Å². The van der Waals surface area contributed by atoms with Gasteiger partial charge in [0.2, 0.25) is 10.0 Å². The summed E-state index contributed by atoms with van der Waals surface area (Å²) in [6.07, 6.45) is 2.04. The molecule has 2 rings (SSSR count). The topological polar surface area (TPSA) is 61.4 Å². The molecule has 2 saturated heterocycles. The number of nitrogens with one attached hydrogen (secondary N) is 2. The molecule has 0 aromatic rings. The molecule has 0 aliphatic carbocycles. The minimum Gasteiger partial charge on any atom is -0.316 e. The number of piperidine rings is 1. The Bertz CT molecular complexity index is 327. The van der Waals surface area contributed by atoms with Crippen molar-refractivity contribution in [3.8, 4) is 0 Å². The minimum absolute atomic E-state index is 0.108. The molecule has 0 aromatic heterocycles. The summed E-state index contributed by atoms with van der Waals surface area (Å²) < 4.78 is 26.5. The Morgan fingerprint density at radius 2 is 2.19 bits per heavy atom. The summed E-state index contributed by atoms with van der Waals surface area (Å²) in [5, 5.41) is 3.09. The van der Waals surface area contributed by atoms with Gasteiger partial charge in [-0.2, -0.15) is 0 Å². The maximum atomic E-state index is 11.9. The van der Waals surface area contributed by atoms with E-state index in [1.165, 1.54) is 0 Å². The zero-order chi connectivity index (χ0) is 11.6. The Hall–Kier alpha value is -0.170. The second kappa shape index (κ2) is 5.00. The average molecular weight is 247 g/mol. The summed E-state index contributed by atoms with van der Waals surface area (Å²) in [7, 11) is -1.04. The Balaban J connectivity index is 1.82. The predicted octanol–water partition coefficient (Wildman–Crippen LogP) is -0.781. The molecular weight excluding hydrogens is 226 g/mol. The smallest absolute Gasteiger partial charge is 0.212 e. The van der Waals surface area contributed by atoms with Crippen LogP contribution in [0.3, 0.4) is 0 Å². The monoisotopic (exact) mass is 247 g/mol. The van der Waals surface area contributed by atoms with E-state index >= 15 is 0 Å². The minimum atomic E-state index is -3.08. The van der Waals surface area contributed by atoms with Crippen molar-refractivity contribution in [1.29, 1.82) is 0 Å². The van der Waals surface area contributed by atoms with Gasteiger partial charge in [0.25, 0.3) is 0 Å². The zero-order valence-electron chi connectivity index (χ0n) is 9.78. The fraction of sp³-hybridized carbons (Fsp3) is 1.00. The van der Waals surface area contributed by atoms with E-state index in [0.29, 0.717) is 5.92 Å². The van der Waals surface area contributed by atoms with Crippen molar-refractivity contribution in [2.75, 3.05) is 39.0 Å². The first-order chi connectivity index (χ1) is 7.55. The zero-order valence-corrected chi connectivity index (χ0v) is 10.6. The molecule has 2 fully saturated rings. The van der Waals surface area contributed by atoms with E-state index in [2.05, 4.69) is 14.9 Å². The first-order valence-corrected chi connectivity index (χ1v) is 7.60. The summed E-state index contributed by atoms with van der Waals surface area (Å²) >= 11 is 0. The van der Waals surface area contributed by atoms with Gasteiger partial charge in [-0.05, 0) is 32.4 Å². The van der Waals surface area contributed by atoms with Crippen LogP contribution in [0.15, 0.2) is 0 Å². The molecule has 2 aliphatic rings. The Morgan fingerprint density at radius 3 is 2.75 bits per heavy atom. The second-order valence-electron chi connectivity index (χ2n) is 5.02. The molecular formula is C10H21N3O2S. The molecule has 0 amide bonds. The van der Waals surface area contributed by atoms with Crippen LogP contribution in [0.1, 0.15) is 12.8 Å². The molecule has 5 nitrogen and oxygen atoms in total. The lowest BCUT2D eigenvalue weighted by atomic mass is 10.1. The second-order valence-corrected chi connectivity index (χ2v) is 6.82. The van der Waals surface area contributed by atoms with Gasteiger partial charge in [-0.25, -0.2) is 13.1 Å². The van der Waals surface area contributed by atoms with E-state index in [-0.39, 0.29) is 11.8 Å². The SMILES string of the molecule is CN1CCCC(NS(=O)(=O)CC2CNC2)C1. The average Bonchev–Trinajstić information content (AvgIpc) is 2.11. The van der Waals surface area contributed by atoms with Gasteiger partial charge in [0.15, 0.2) is 0 Å². The van der Waals surface area contributed by atoms with Crippen LogP contribution in [-0.2, 0) is 10.0 Å². The van der Waals surface area contributed by atoms with Gasteiger partial charge in [-0.1, -0.05) is 0 Å². The lowest BCUT2D eigenvalue weighted by molar-refractivity contribution is 0.242. The summed E-state index contributed by atoms with van der Waals surface area (Å²) in [5.41, 5.74) is 0. The number of likely N-dealkylation sites (tertiary alicyclic amines) is 1. The number of sulfonamides is 1. The summed E-state index contributed by atoms with van der Waals surface area (Å²) in [5.74, 6) is 0.582. The van der Waals surface area contributed by atoms with Gasteiger partial charge in [0, 0.05) is 25.7 Å². The standard InChI is InChI=1S/C10H21N3O2S/c1-13-4-2-3-10(7-13)12-16(14,15)8-9-5-11-6-9/h9-12H,2-8H2,1H3. The number of rotatable bonds is 4. The molecule has 0 aromatic carbocycles. The van der Waals surface area contributed by atoms with Crippen molar-refractivity contribution in [3.63, 3.8) is 0 Å². The normalized spacial score (nSPS) is 28.9. The van der Waals surface area contributed by atoms with Crippen LogP contribution in [0, 0.1) is 5.92 Å². The van der Waals surface area contributed by atoms with Crippen LogP contribution < -0.4 is 10.0 Å². The molecule has 2 aliphatic heterocycles. The summed E-state index contributed by atoms with van der Waals surface area (Å²) in [6, 6.07) is 0.108. The highest BCUT2D eigenvalue weighted by atomic mass is 32.2. The molecule has 0 spiro atoms. The van der Waals surface area contributed by atoms with Crippen molar-refractivity contribution in [2.45, 2.75) is 18.9 Å². The van der Waals surface area contributed by atoms with Gasteiger partial charge in [-0.3, -0.25) is 0 Å².